The van der Waals surface area contributed by atoms with E-state index in [1.54, 1.807) is 0 Å². The minimum atomic E-state index is -1.17. The Hall–Kier alpha value is -0.640. The summed E-state index contributed by atoms with van der Waals surface area (Å²) in [5.41, 5.74) is 0. The molecule has 0 N–H and O–H groups in total. The van der Waals surface area contributed by atoms with E-state index in [1.807, 2.05) is 27.7 Å². The minimum absolute atomic E-state index is 0.177. The average Bonchev–Trinajstić information content (AvgIpc) is 2.70. The maximum atomic E-state index is 5.88. The minimum Gasteiger partial charge on any atom is -0.342 e. The van der Waals surface area contributed by atoms with Gasteiger partial charge >= 0.3 is 0 Å². The summed E-state index contributed by atoms with van der Waals surface area (Å²) in [4.78, 5) is 0. The van der Waals surface area contributed by atoms with Gasteiger partial charge < -0.3 is 23.7 Å². The van der Waals surface area contributed by atoms with Crippen LogP contribution >= 0.6 is 0 Å². The number of ether oxygens (including phenoxy) is 5. The molecule has 0 bridgehead atoms. The molecule has 3 rings (SSSR count). The van der Waals surface area contributed by atoms with E-state index in [9.17, 15) is 0 Å². The highest BCUT2D eigenvalue weighted by Gasteiger charge is 2.64. The second-order valence-corrected chi connectivity index (χ2v) is 5.80. The average molecular weight is 254 g/mol. The van der Waals surface area contributed by atoms with Gasteiger partial charge in [-0.05, 0) is 33.6 Å². The predicted octanol–water partition coefficient (Wildman–Crippen LogP) is 1.02. The first-order valence-electron chi connectivity index (χ1n) is 6.12. The van der Waals surface area contributed by atoms with Crippen molar-refractivity contribution in [1.82, 2.24) is 0 Å². The fraction of sp³-hybridized carbons (Fsp3) is 0.846. The molecule has 3 saturated heterocycles. The molecule has 0 aromatic heterocycles. The highest BCUT2D eigenvalue weighted by molar-refractivity contribution is 5.16. The topological polar surface area (TPSA) is 46.2 Å². The molecule has 0 radical (unpaired) electrons. The van der Waals surface area contributed by atoms with Crippen molar-refractivity contribution < 1.29 is 23.7 Å². The first-order chi connectivity index (χ1) is 8.27. The Morgan fingerprint density at radius 3 is 2.44 bits per heavy atom. The van der Waals surface area contributed by atoms with E-state index in [2.05, 4.69) is 5.92 Å². The molecule has 5 heteroatoms. The maximum absolute atomic E-state index is 5.88. The molecule has 4 atom stereocenters. The monoisotopic (exact) mass is 254 g/mol. The summed E-state index contributed by atoms with van der Waals surface area (Å²) in [6.45, 7) is 7.69. The van der Waals surface area contributed by atoms with Crippen molar-refractivity contribution in [2.24, 2.45) is 0 Å². The van der Waals surface area contributed by atoms with Gasteiger partial charge in [0.2, 0.25) is 0 Å². The van der Waals surface area contributed by atoms with Gasteiger partial charge in [-0.2, -0.15) is 0 Å². The highest BCUT2D eigenvalue weighted by atomic mass is 16.9. The molecular formula is C13H18O5. The van der Waals surface area contributed by atoms with E-state index in [1.165, 1.54) is 0 Å². The standard InChI is InChI=1S/C13H18O5/c1-6-13-10(17-12(4,5)18-13)9-8(7-14-13)15-11(2,3)16-9/h1,8-10H,7H2,2-5H3/t8-,9?,10?,13+/m1/s1. The second-order valence-electron chi connectivity index (χ2n) is 5.80. The Bertz CT molecular complexity index is 410. The molecule has 3 fully saturated rings. The largest absolute Gasteiger partial charge is 0.342 e. The zero-order valence-corrected chi connectivity index (χ0v) is 11.1. The van der Waals surface area contributed by atoms with Crippen molar-refractivity contribution in [3.8, 4) is 12.3 Å². The molecule has 0 aliphatic carbocycles. The third-order valence-electron chi connectivity index (χ3n) is 3.37. The van der Waals surface area contributed by atoms with Crippen molar-refractivity contribution in [1.29, 1.82) is 0 Å². The molecule has 5 nitrogen and oxygen atoms in total. The summed E-state index contributed by atoms with van der Waals surface area (Å²) in [5, 5.41) is 0. The second kappa shape index (κ2) is 3.47. The summed E-state index contributed by atoms with van der Waals surface area (Å²) in [6.07, 6.45) is 4.65. The molecule has 0 aromatic rings. The van der Waals surface area contributed by atoms with E-state index in [4.69, 9.17) is 30.1 Å². The predicted molar refractivity (Wildman–Crippen MR) is 61.4 cm³/mol. The summed E-state index contributed by atoms with van der Waals surface area (Å²) in [6, 6.07) is 0. The maximum Gasteiger partial charge on any atom is 0.266 e. The Morgan fingerprint density at radius 1 is 1.06 bits per heavy atom. The Labute approximate surface area is 107 Å². The summed E-state index contributed by atoms with van der Waals surface area (Å²) in [5.74, 6) is -0.0452. The Balaban J connectivity index is 1.94. The SMILES string of the molecule is C#C[C@@]12OC[C@H]3OC(C)(C)OC3C1OC(C)(C)O2. The van der Waals surface area contributed by atoms with Crippen LogP contribution in [0.1, 0.15) is 27.7 Å². The molecule has 0 spiro atoms. The molecule has 3 heterocycles. The molecule has 18 heavy (non-hydrogen) atoms. The van der Waals surface area contributed by atoms with Gasteiger partial charge in [0, 0.05) is 0 Å². The molecule has 3 aliphatic heterocycles. The van der Waals surface area contributed by atoms with Gasteiger partial charge in [-0.15, -0.1) is 6.42 Å². The van der Waals surface area contributed by atoms with Crippen LogP contribution in [0.3, 0.4) is 0 Å². The molecule has 0 saturated carbocycles. The van der Waals surface area contributed by atoms with Gasteiger partial charge in [0.15, 0.2) is 17.7 Å². The van der Waals surface area contributed by atoms with Crippen LogP contribution in [-0.2, 0) is 23.7 Å². The molecule has 0 aromatic carbocycles. The number of rotatable bonds is 0. The lowest BCUT2D eigenvalue weighted by Crippen LogP contribution is -2.57. The van der Waals surface area contributed by atoms with Crippen molar-refractivity contribution in [3.63, 3.8) is 0 Å². The van der Waals surface area contributed by atoms with Crippen molar-refractivity contribution in [2.45, 2.75) is 63.4 Å². The third kappa shape index (κ3) is 1.68. The van der Waals surface area contributed by atoms with Gasteiger partial charge in [-0.1, -0.05) is 0 Å². The van der Waals surface area contributed by atoms with Gasteiger partial charge in [-0.25, -0.2) is 0 Å². The summed E-state index contributed by atoms with van der Waals surface area (Å²) < 4.78 is 29.0. The van der Waals surface area contributed by atoms with Crippen LogP contribution < -0.4 is 0 Å². The van der Waals surface area contributed by atoms with Crippen LogP contribution in [0.4, 0.5) is 0 Å². The molecule has 100 valence electrons. The molecule has 0 amide bonds. The number of fused-ring (bicyclic) bond motifs is 3. The van der Waals surface area contributed by atoms with Gasteiger partial charge in [0.05, 0.1) is 6.61 Å². The van der Waals surface area contributed by atoms with E-state index >= 15 is 0 Å². The van der Waals surface area contributed by atoms with Gasteiger partial charge in [0.25, 0.3) is 5.79 Å². The Kier molecular flexibility index (Phi) is 2.39. The lowest BCUT2D eigenvalue weighted by molar-refractivity contribution is -0.247. The Morgan fingerprint density at radius 2 is 1.78 bits per heavy atom. The van der Waals surface area contributed by atoms with Crippen LogP contribution in [0.25, 0.3) is 0 Å². The van der Waals surface area contributed by atoms with Crippen LogP contribution in [0.5, 0.6) is 0 Å². The van der Waals surface area contributed by atoms with Crippen LogP contribution in [0.2, 0.25) is 0 Å². The van der Waals surface area contributed by atoms with Crippen molar-refractivity contribution >= 4 is 0 Å². The first kappa shape index (κ1) is 12.4. The zero-order chi connectivity index (χ0) is 13.2. The zero-order valence-electron chi connectivity index (χ0n) is 11.1. The lowest BCUT2D eigenvalue weighted by Gasteiger charge is -2.37. The number of hydrogen-bond acceptors (Lipinski definition) is 5. The first-order valence-corrected chi connectivity index (χ1v) is 6.12. The van der Waals surface area contributed by atoms with Crippen LogP contribution in [-0.4, -0.2) is 42.3 Å². The molecule has 3 aliphatic rings. The van der Waals surface area contributed by atoms with E-state index < -0.39 is 23.5 Å². The molecular weight excluding hydrogens is 236 g/mol. The van der Waals surface area contributed by atoms with Crippen molar-refractivity contribution in [2.75, 3.05) is 6.61 Å². The number of terminal acetylenes is 1. The molecule has 2 unspecified atom stereocenters. The van der Waals surface area contributed by atoms with Crippen molar-refractivity contribution in [3.05, 3.63) is 0 Å². The summed E-state index contributed by atoms with van der Waals surface area (Å²) in [7, 11) is 0. The van der Waals surface area contributed by atoms with E-state index in [0.29, 0.717) is 6.61 Å². The lowest BCUT2D eigenvalue weighted by atomic mass is 9.98. The van der Waals surface area contributed by atoms with Crippen LogP contribution in [0.15, 0.2) is 0 Å². The van der Waals surface area contributed by atoms with Crippen LogP contribution in [0, 0.1) is 12.3 Å². The fourth-order valence-corrected chi connectivity index (χ4v) is 2.83. The third-order valence-corrected chi connectivity index (χ3v) is 3.37. The van der Waals surface area contributed by atoms with Gasteiger partial charge in [0.1, 0.15) is 12.2 Å². The van der Waals surface area contributed by atoms with E-state index in [0.717, 1.165) is 0 Å². The van der Waals surface area contributed by atoms with Gasteiger partial charge in [-0.3, -0.25) is 0 Å². The normalized spacial score (nSPS) is 48.3. The quantitative estimate of drug-likeness (QED) is 0.604. The van der Waals surface area contributed by atoms with E-state index in [-0.39, 0.29) is 12.2 Å². The summed E-state index contributed by atoms with van der Waals surface area (Å²) >= 11 is 0. The highest BCUT2D eigenvalue weighted by Crippen LogP contribution is 2.46. The smallest absolute Gasteiger partial charge is 0.266 e. The fourth-order valence-electron chi connectivity index (χ4n) is 2.83. The number of hydrogen-bond donors (Lipinski definition) is 0.